The number of rotatable bonds is 8. The zero-order valence-corrected chi connectivity index (χ0v) is 12.7. The van der Waals surface area contributed by atoms with Crippen molar-refractivity contribution < 1.29 is 9.22 Å². The summed E-state index contributed by atoms with van der Waals surface area (Å²) in [4.78, 5) is 11.2. The van der Waals surface area contributed by atoms with Crippen molar-refractivity contribution in [2.75, 3.05) is 6.61 Å². The molecule has 1 aromatic carbocycles. The van der Waals surface area contributed by atoms with Crippen LogP contribution in [0.3, 0.4) is 0 Å². The molecule has 0 heterocycles. The first-order valence-electron chi connectivity index (χ1n) is 6.85. The van der Waals surface area contributed by atoms with Gasteiger partial charge in [0, 0.05) is 6.61 Å². The zero-order chi connectivity index (χ0) is 13.4. The van der Waals surface area contributed by atoms with E-state index in [1.807, 2.05) is 30.3 Å². The summed E-state index contributed by atoms with van der Waals surface area (Å²) in [5.74, 6) is -0.122. The smallest absolute Gasteiger partial charge is 0.192 e. The summed E-state index contributed by atoms with van der Waals surface area (Å²) in [6.07, 6.45) is 1.01. The number of aldehydes is 1. The highest BCUT2D eigenvalue weighted by Crippen LogP contribution is 2.24. The predicted octanol–water partition coefficient (Wildman–Crippen LogP) is 3.99. The summed E-state index contributed by atoms with van der Waals surface area (Å²) in [6, 6.07) is 13.3. The lowest BCUT2D eigenvalue weighted by molar-refractivity contribution is -0.109. The van der Waals surface area contributed by atoms with Crippen LogP contribution in [0.1, 0.15) is 32.3 Å². The van der Waals surface area contributed by atoms with Crippen LogP contribution in [-0.4, -0.2) is 21.2 Å². The molecule has 1 rings (SSSR count). The van der Waals surface area contributed by atoms with E-state index >= 15 is 0 Å². The van der Waals surface area contributed by atoms with Crippen LogP contribution in [0.15, 0.2) is 30.3 Å². The fourth-order valence-electron chi connectivity index (χ4n) is 2.24. The summed E-state index contributed by atoms with van der Waals surface area (Å²) in [5.41, 5.74) is 1.05. The normalized spacial score (nSPS) is 13.3. The van der Waals surface area contributed by atoms with Gasteiger partial charge >= 0.3 is 0 Å². The molecule has 0 aliphatic heterocycles. The number of benzene rings is 1. The molecular weight excluding hydrogens is 240 g/mol. The van der Waals surface area contributed by atoms with E-state index in [4.69, 9.17) is 4.43 Å². The third kappa shape index (κ3) is 3.78. The average molecular weight is 264 g/mol. The molecule has 0 aromatic heterocycles. The second kappa shape index (κ2) is 7.49. The molecule has 1 atom stereocenters. The monoisotopic (exact) mass is 264 g/mol. The van der Waals surface area contributed by atoms with E-state index in [0.29, 0.717) is 6.61 Å². The third-order valence-electron chi connectivity index (χ3n) is 3.89. The molecule has 100 valence electrons. The van der Waals surface area contributed by atoms with Gasteiger partial charge in [-0.2, -0.15) is 0 Å². The van der Waals surface area contributed by atoms with E-state index < -0.39 is 8.32 Å². The van der Waals surface area contributed by atoms with Gasteiger partial charge in [-0.1, -0.05) is 51.1 Å². The summed E-state index contributed by atoms with van der Waals surface area (Å²) in [6.45, 7) is 7.15. The van der Waals surface area contributed by atoms with Crippen LogP contribution < -0.4 is 0 Å². The molecule has 0 unspecified atom stereocenters. The molecule has 2 nitrogen and oxygen atoms in total. The maximum Gasteiger partial charge on any atom is 0.192 e. The Kier molecular flexibility index (Phi) is 6.29. The van der Waals surface area contributed by atoms with Crippen molar-refractivity contribution in [2.24, 2.45) is 0 Å². The maximum absolute atomic E-state index is 11.2. The second-order valence-corrected chi connectivity index (χ2v) is 9.48. The van der Waals surface area contributed by atoms with E-state index in [1.165, 1.54) is 0 Å². The first-order valence-corrected chi connectivity index (χ1v) is 9.38. The molecule has 0 bridgehead atoms. The van der Waals surface area contributed by atoms with Gasteiger partial charge in [0.05, 0.1) is 5.92 Å². The molecule has 0 saturated heterocycles. The van der Waals surface area contributed by atoms with Gasteiger partial charge in [-0.15, -0.1) is 0 Å². The molecule has 0 radical (unpaired) electrons. The fourth-order valence-corrected chi connectivity index (χ4v) is 4.88. The Morgan fingerprint density at radius 3 is 2.11 bits per heavy atom. The van der Waals surface area contributed by atoms with Crippen molar-refractivity contribution in [1.29, 1.82) is 0 Å². The topological polar surface area (TPSA) is 26.3 Å². The van der Waals surface area contributed by atoms with Crippen LogP contribution in [-0.2, 0) is 9.22 Å². The van der Waals surface area contributed by atoms with Crippen molar-refractivity contribution in [3.63, 3.8) is 0 Å². The molecule has 0 aliphatic carbocycles. The highest BCUT2D eigenvalue weighted by atomic mass is 28.4. The Bertz CT molecular complexity index is 339. The number of hydrogen-bond acceptors (Lipinski definition) is 2. The first kappa shape index (κ1) is 15.1. The molecule has 0 amide bonds. The fraction of sp³-hybridized carbons (Fsp3) is 0.533. The lowest BCUT2D eigenvalue weighted by atomic mass is 10.0. The maximum atomic E-state index is 11.2. The minimum atomic E-state index is -1.59. The van der Waals surface area contributed by atoms with Gasteiger partial charge in [0.15, 0.2) is 8.32 Å². The van der Waals surface area contributed by atoms with E-state index in [9.17, 15) is 4.79 Å². The molecule has 0 saturated carbocycles. The van der Waals surface area contributed by atoms with Crippen LogP contribution >= 0.6 is 0 Å². The van der Waals surface area contributed by atoms with Gasteiger partial charge in [0.1, 0.15) is 6.29 Å². The number of carbonyl (C=O) groups excluding carboxylic acids is 1. The van der Waals surface area contributed by atoms with Crippen LogP contribution in [0.5, 0.6) is 0 Å². The molecule has 1 aromatic rings. The molecule has 0 spiro atoms. The van der Waals surface area contributed by atoms with Crippen LogP contribution in [0.25, 0.3) is 0 Å². The van der Waals surface area contributed by atoms with E-state index in [0.717, 1.165) is 30.0 Å². The summed E-state index contributed by atoms with van der Waals surface area (Å²) < 4.78 is 6.19. The highest BCUT2D eigenvalue weighted by molar-refractivity contribution is 6.73. The van der Waals surface area contributed by atoms with Gasteiger partial charge in [-0.3, -0.25) is 0 Å². The Labute approximate surface area is 111 Å². The lowest BCUT2D eigenvalue weighted by Crippen LogP contribution is -2.37. The Balaban J connectivity index is 2.68. The lowest BCUT2D eigenvalue weighted by Gasteiger charge is -2.29. The van der Waals surface area contributed by atoms with Gasteiger partial charge in [-0.25, -0.2) is 0 Å². The molecule has 18 heavy (non-hydrogen) atoms. The predicted molar refractivity (Wildman–Crippen MR) is 78.4 cm³/mol. The minimum Gasteiger partial charge on any atom is -0.416 e. The SMILES string of the molecule is CC[Si](CC)(CC)OC[C@@H](C=O)c1ccccc1. The molecule has 0 fully saturated rings. The Morgan fingerprint density at radius 1 is 1.11 bits per heavy atom. The van der Waals surface area contributed by atoms with Crippen LogP contribution in [0, 0.1) is 0 Å². The van der Waals surface area contributed by atoms with Crippen molar-refractivity contribution in [3.8, 4) is 0 Å². The second-order valence-electron chi connectivity index (χ2n) is 4.71. The molecular formula is C15H24O2Si. The summed E-state index contributed by atoms with van der Waals surface area (Å²) in [5, 5.41) is 0. The third-order valence-corrected chi connectivity index (χ3v) is 8.54. The standard InChI is InChI=1S/C15H24O2Si/c1-4-18(5-2,6-3)17-13-15(12-16)14-10-8-7-9-11-14/h7-12,15H,4-6,13H2,1-3H3/t15-/m1/s1. The largest absolute Gasteiger partial charge is 0.416 e. The highest BCUT2D eigenvalue weighted by Gasteiger charge is 2.29. The Morgan fingerprint density at radius 2 is 1.67 bits per heavy atom. The van der Waals surface area contributed by atoms with Crippen molar-refractivity contribution in [3.05, 3.63) is 35.9 Å². The first-order chi connectivity index (χ1) is 8.71. The van der Waals surface area contributed by atoms with Crippen LogP contribution in [0.4, 0.5) is 0 Å². The van der Waals surface area contributed by atoms with Gasteiger partial charge in [0.2, 0.25) is 0 Å². The van der Waals surface area contributed by atoms with Crippen molar-refractivity contribution in [2.45, 2.75) is 44.8 Å². The van der Waals surface area contributed by atoms with E-state index in [1.54, 1.807) is 0 Å². The molecule has 3 heteroatoms. The van der Waals surface area contributed by atoms with Crippen molar-refractivity contribution >= 4 is 14.6 Å². The average Bonchev–Trinajstić information content (AvgIpc) is 2.45. The van der Waals surface area contributed by atoms with E-state index in [2.05, 4.69) is 20.8 Å². The Hall–Kier alpha value is -0.933. The minimum absolute atomic E-state index is 0.122. The quantitative estimate of drug-likeness (QED) is 0.524. The van der Waals surface area contributed by atoms with Gasteiger partial charge in [0.25, 0.3) is 0 Å². The van der Waals surface area contributed by atoms with Gasteiger partial charge < -0.3 is 9.22 Å². The summed E-state index contributed by atoms with van der Waals surface area (Å²) >= 11 is 0. The molecule has 0 aliphatic rings. The van der Waals surface area contributed by atoms with E-state index in [-0.39, 0.29) is 5.92 Å². The zero-order valence-electron chi connectivity index (χ0n) is 11.7. The number of carbonyl (C=O) groups is 1. The molecule has 0 N–H and O–H groups in total. The van der Waals surface area contributed by atoms with Crippen molar-refractivity contribution in [1.82, 2.24) is 0 Å². The number of hydrogen-bond donors (Lipinski definition) is 0. The van der Waals surface area contributed by atoms with Crippen LogP contribution in [0.2, 0.25) is 18.1 Å². The summed E-state index contributed by atoms with van der Waals surface area (Å²) in [7, 11) is -1.59. The van der Waals surface area contributed by atoms with Gasteiger partial charge in [-0.05, 0) is 23.7 Å².